The van der Waals surface area contributed by atoms with Crippen molar-refractivity contribution < 1.29 is 4.74 Å². The van der Waals surface area contributed by atoms with Crippen LogP contribution in [-0.2, 0) is 11.3 Å². The fourth-order valence-electron chi connectivity index (χ4n) is 3.62. The Labute approximate surface area is 168 Å². The molecule has 1 atom stereocenters. The van der Waals surface area contributed by atoms with Gasteiger partial charge >= 0.3 is 0 Å². The van der Waals surface area contributed by atoms with Crippen LogP contribution in [-0.4, -0.2) is 48.3 Å². The third-order valence-corrected chi connectivity index (χ3v) is 5.65. The van der Waals surface area contributed by atoms with Gasteiger partial charge in [0.1, 0.15) is 0 Å². The van der Waals surface area contributed by atoms with Crippen molar-refractivity contribution in [3.63, 3.8) is 0 Å². The molecule has 4 aromatic rings. The maximum atomic E-state index is 13.0. The summed E-state index contributed by atoms with van der Waals surface area (Å²) < 4.78 is 8.65. The average Bonchev–Trinajstić information content (AvgIpc) is 3.42. The maximum absolute atomic E-state index is 13.0. The molecule has 1 N–H and O–H groups in total. The zero-order valence-corrected chi connectivity index (χ0v) is 16.5. The zero-order chi connectivity index (χ0) is 20.0. The molecule has 1 aliphatic heterocycles. The Morgan fingerprint density at radius 1 is 1.17 bits per heavy atom. The number of aromatic nitrogens is 6. The number of hydrogen-bond acceptors (Lipinski definition) is 7. The number of nitrogens with one attached hydrogen (secondary N) is 1. The van der Waals surface area contributed by atoms with Gasteiger partial charge in [0.25, 0.3) is 11.1 Å². The molecule has 29 heavy (non-hydrogen) atoms. The number of rotatable bonds is 4. The molecule has 148 valence electrons. The topological polar surface area (TPSA) is 108 Å². The predicted molar refractivity (Wildman–Crippen MR) is 110 cm³/mol. The Bertz CT molecular complexity index is 1340. The molecule has 0 aromatic carbocycles. The minimum Gasteiger partial charge on any atom is -0.376 e. The van der Waals surface area contributed by atoms with E-state index in [1.54, 1.807) is 35.2 Å². The molecule has 0 amide bonds. The molecule has 0 radical (unpaired) electrons. The van der Waals surface area contributed by atoms with Crippen LogP contribution in [0, 0.1) is 0 Å². The molecule has 0 unspecified atom stereocenters. The summed E-state index contributed by atoms with van der Waals surface area (Å²) in [5.74, 6) is 0.324. The van der Waals surface area contributed by atoms with Crippen molar-refractivity contribution in [2.45, 2.75) is 30.6 Å². The highest BCUT2D eigenvalue weighted by Crippen LogP contribution is 2.17. The molecule has 0 bridgehead atoms. The number of aromatic amines is 1. The van der Waals surface area contributed by atoms with Gasteiger partial charge in [-0.15, -0.1) is 5.10 Å². The summed E-state index contributed by atoms with van der Waals surface area (Å²) in [7, 11) is 0. The van der Waals surface area contributed by atoms with Crippen LogP contribution in [0.4, 0.5) is 0 Å². The highest BCUT2D eigenvalue weighted by atomic mass is 32.2. The van der Waals surface area contributed by atoms with Gasteiger partial charge in [-0.2, -0.15) is 4.98 Å². The lowest BCUT2D eigenvalue weighted by molar-refractivity contribution is 0.0963. The van der Waals surface area contributed by atoms with Gasteiger partial charge in [0.15, 0.2) is 0 Å². The van der Waals surface area contributed by atoms with E-state index in [1.807, 2.05) is 6.26 Å². The van der Waals surface area contributed by atoms with Crippen molar-refractivity contribution in [2.75, 3.05) is 12.9 Å². The second-order valence-electron chi connectivity index (χ2n) is 6.90. The molecule has 1 aliphatic rings. The Hall–Kier alpha value is -2.98. The first-order valence-electron chi connectivity index (χ1n) is 9.28. The molecule has 1 saturated heterocycles. The van der Waals surface area contributed by atoms with E-state index in [4.69, 9.17) is 4.74 Å². The first-order chi connectivity index (χ1) is 14.1. The fraction of sp³-hybridized carbons (Fsp3) is 0.316. The smallest absolute Gasteiger partial charge is 0.266 e. The van der Waals surface area contributed by atoms with Crippen LogP contribution in [0.1, 0.15) is 12.8 Å². The predicted octanol–water partition coefficient (Wildman–Crippen LogP) is 1.72. The van der Waals surface area contributed by atoms with Crippen molar-refractivity contribution >= 4 is 33.6 Å². The second kappa shape index (κ2) is 7.12. The molecule has 5 heterocycles. The third kappa shape index (κ3) is 3.14. The van der Waals surface area contributed by atoms with E-state index in [1.165, 1.54) is 16.3 Å². The monoisotopic (exact) mass is 410 g/mol. The summed E-state index contributed by atoms with van der Waals surface area (Å²) in [5, 5.41) is 8.11. The van der Waals surface area contributed by atoms with E-state index in [0.717, 1.165) is 19.4 Å². The van der Waals surface area contributed by atoms with Crippen LogP contribution < -0.4 is 11.1 Å². The molecule has 10 heteroatoms. The van der Waals surface area contributed by atoms with Gasteiger partial charge in [-0.1, -0.05) is 11.8 Å². The van der Waals surface area contributed by atoms with Gasteiger partial charge in [0.05, 0.1) is 34.5 Å². The summed E-state index contributed by atoms with van der Waals surface area (Å²) in [6.07, 6.45) is 7.21. The molecule has 0 aliphatic carbocycles. The number of hydrogen-bond donors (Lipinski definition) is 1. The number of fused-ring (bicyclic) bond motifs is 2. The lowest BCUT2D eigenvalue weighted by atomic mass is 10.2. The molecule has 0 spiro atoms. The molecular weight excluding hydrogens is 392 g/mol. The van der Waals surface area contributed by atoms with Crippen molar-refractivity contribution in [2.24, 2.45) is 0 Å². The van der Waals surface area contributed by atoms with E-state index in [-0.39, 0.29) is 17.2 Å². The van der Waals surface area contributed by atoms with Gasteiger partial charge in [-0.25, -0.2) is 10.1 Å². The number of thioether (sulfide) groups is 1. The van der Waals surface area contributed by atoms with Crippen LogP contribution in [0.15, 0.2) is 45.3 Å². The summed E-state index contributed by atoms with van der Waals surface area (Å²) in [6, 6.07) is 5.16. The number of H-pyrrole nitrogens is 1. The Morgan fingerprint density at radius 3 is 2.69 bits per heavy atom. The standard InChI is InChI=1S/C19H18N6O3S/c1-29-19-21-18(22-23-19)25-7-5-15-13(17(25)27)9-12-14(20-15)4-6-24(16(12)26)10-11-3-2-8-28-11/h4-7,9,11H,2-3,8,10H2,1H3,(H,21,22,23)/t11-/m1/s1. The highest BCUT2D eigenvalue weighted by Gasteiger charge is 2.18. The first-order valence-corrected chi connectivity index (χ1v) is 10.5. The van der Waals surface area contributed by atoms with E-state index in [0.29, 0.717) is 39.5 Å². The summed E-state index contributed by atoms with van der Waals surface area (Å²) in [6.45, 7) is 1.24. The van der Waals surface area contributed by atoms with Gasteiger partial charge in [0, 0.05) is 19.0 Å². The van der Waals surface area contributed by atoms with E-state index in [2.05, 4.69) is 20.2 Å². The minimum atomic E-state index is -0.311. The Balaban J connectivity index is 1.65. The normalized spacial score (nSPS) is 16.8. The molecule has 9 nitrogen and oxygen atoms in total. The lowest BCUT2D eigenvalue weighted by Gasteiger charge is -2.12. The maximum Gasteiger partial charge on any atom is 0.266 e. The first kappa shape index (κ1) is 18.1. The lowest BCUT2D eigenvalue weighted by Crippen LogP contribution is -2.26. The molecule has 4 aromatic heterocycles. The second-order valence-corrected chi connectivity index (χ2v) is 7.67. The van der Waals surface area contributed by atoms with Crippen molar-refractivity contribution in [3.05, 3.63) is 51.3 Å². The molecule has 5 rings (SSSR count). The van der Waals surface area contributed by atoms with Crippen LogP contribution in [0.3, 0.4) is 0 Å². The van der Waals surface area contributed by atoms with Crippen LogP contribution >= 0.6 is 11.8 Å². The number of pyridine rings is 3. The van der Waals surface area contributed by atoms with Crippen molar-refractivity contribution in [1.29, 1.82) is 0 Å². The Kier molecular flexibility index (Phi) is 4.44. The minimum absolute atomic E-state index is 0.0490. The highest BCUT2D eigenvalue weighted by molar-refractivity contribution is 7.98. The molecule has 1 fully saturated rings. The third-order valence-electron chi connectivity index (χ3n) is 5.10. The van der Waals surface area contributed by atoms with Crippen LogP contribution in [0.2, 0.25) is 0 Å². The zero-order valence-electron chi connectivity index (χ0n) is 15.7. The fourth-order valence-corrected chi connectivity index (χ4v) is 3.94. The van der Waals surface area contributed by atoms with E-state index in [9.17, 15) is 9.59 Å². The Morgan fingerprint density at radius 2 is 1.97 bits per heavy atom. The quantitative estimate of drug-likeness (QED) is 0.403. The van der Waals surface area contributed by atoms with Gasteiger partial charge < -0.3 is 9.30 Å². The average molecular weight is 410 g/mol. The van der Waals surface area contributed by atoms with Gasteiger partial charge in [0.2, 0.25) is 11.1 Å². The van der Waals surface area contributed by atoms with Gasteiger partial charge in [-0.05, 0) is 37.3 Å². The number of nitrogens with zero attached hydrogens (tertiary/aromatic N) is 5. The van der Waals surface area contributed by atoms with Crippen molar-refractivity contribution in [1.82, 2.24) is 29.3 Å². The SMILES string of the molecule is CSc1n[nH]c(-n2ccc3nc4ccn(C[C@H]5CCCO5)c(=O)c4cc3c2=O)n1. The largest absolute Gasteiger partial charge is 0.376 e. The molecular formula is C19H18N6O3S. The summed E-state index contributed by atoms with van der Waals surface area (Å²) in [5.41, 5.74) is 0.605. The summed E-state index contributed by atoms with van der Waals surface area (Å²) >= 11 is 1.38. The number of ether oxygens (including phenoxy) is 1. The summed E-state index contributed by atoms with van der Waals surface area (Å²) in [4.78, 5) is 34.8. The van der Waals surface area contributed by atoms with Crippen LogP contribution in [0.5, 0.6) is 0 Å². The van der Waals surface area contributed by atoms with Crippen molar-refractivity contribution in [3.8, 4) is 5.95 Å². The van der Waals surface area contributed by atoms with Gasteiger partial charge in [-0.3, -0.25) is 14.2 Å². The van der Waals surface area contributed by atoms with E-state index >= 15 is 0 Å². The van der Waals surface area contributed by atoms with E-state index < -0.39 is 0 Å². The molecule has 0 saturated carbocycles. The van der Waals surface area contributed by atoms with Crippen LogP contribution in [0.25, 0.3) is 27.8 Å².